The molecule has 1 aliphatic rings. The molecule has 1 heterocycles. The van der Waals surface area contributed by atoms with Gasteiger partial charge in [-0.25, -0.2) is 0 Å². The number of likely N-dealkylation sites (tertiary alicyclic amines) is 1. The second-order valence-corrected chi connectivity index (χ2v) is 6.99. The third-order valence-electron chi connectivity index (χ3n) is 3.71. The lowest BCUT2D eigenvalue weighted by atomic mass is 9.87. The first kappa shape index (κ1) is 16.6. The molecule has 0 atom stereocenters. The van der Waals surface area contributed by atoms with Crippen LogP contribution in [0.5, 0.6) is 0 Å². The molecule has 0 aromatic rings. The number of carbonyl (C=O) groups is 1. The van der Waals surface area contributed by atoms with Gasteiger partial charge in [0.05, 0.1) is 5.60 Å². The topological polar surface area (TPSA) is 29.5 Å². The molecule has 1 fully saturated rings. The fourth-order valence-electron chi connectivity index (χ4n) is 2.58. The number of hydrogen-bond acceptors (Lipinski definition) is 3. The van der Waals surface area contributed by atoms with Crippen LogP contribution in [0.1, 0.15) is 53.9 Å². The molecule has 0 radical (unpaired) electrons. The summed E-state index contributed by atoms with van der Waals surface area (Å²) in [4.78, 5) is 14.4. The Hall–Kier alpha value is -0.410. The predicted molar refractivity (Wildman–Crippen MR) is 79.3 cm³/mol. The molecule has 0 bridgehead atoms. The summed E-state index contributed by atoms with van der Waals surface area (Å²) in [6.45, 7) is 14.4. The van der Waals surface area contributed by atoms with Crippen LogP contribution in [-0.4, -0.2) is 42.5 Å². The van der Waals surface area contributed by atoms with E-state index < -0.39 is 0 Å². The van der Waals surface area contributed by atoms with E-state index >= 15 is 0 Å². The van der Waals surface area contributed by atoms with Crippen LogP contribution in [0.2, 0.25) is 0 Å². The minimum Gasteiger partial charge on any atom is -0.376 e. The lowest BCUT2D eigenvalue weighted by molar-refractivity contribution is -0.127. The highest BCUT2D eigenvalue weighted by Crippen LogP contribution is 2.21. The molecular weight excluding hydrogens is 238 g/mol. The molecule has 0 spiro atoms. The molecule has 3 heteroatoms. The van der Waals surface area contributed by atoms with Gasteiger partial charge in [-0.1, -0.05) is 13.8 Å². The molecule has 0 aromatic carbocycles. The Labute approximate surface area is 118 Å². The number of ketones is 1. The molecular formula is C16H31NO2. The van der Waals surface area contributed by atoms with Crippen LogP contribution in [0.15, 0.2) is 0 Å². The van der Waals surface area contributed by atoms with Crippen molar-refractivity contribution in [1.29, 1.82) is 0 Å². The van der Waals surface area contributed by atoms with Crippen molar-refractivity contribution >= 4 is 5.78 Å². The molecule has 0 unspecified atom stereocenters. The van der Waals surface area contributed by atoms with Crippen molar-refractivity contribution in [2.75, 3.05) is 26.2 Å². The minimum atomic E-state index is -0.0311. The average molecular weight is 269 g/mol. The van der Waals surface area contributed by atoms with Gasteiger partial charge in [0.2, 0.25) is 0 Å². The fraction of sp³-hybridized carbons (Fsp3) is 0.938. The van der Waals surface area contributed by atoms with Crippen LogP contribution in [0.3, 0.4) is 0 Å². The quantitative estimate of drug-likeness (QED) is 0.694. The SMILES string of the molecule is CC(C)C(=O)C1CCN(CCCOC(C)(C)C)CC1. The highest BCUT2D eigenvalue weighted by molar-refractivity contribution is 5.82. The number of Topliss-reactive ketones (excluding diaryl/α,β-unsaturated/α-hetero) is 1. The summed E-state index contributed by atoms with van der Waals surface area (Å²) in [5.41, 5.74) is -0.0311. The van der Waals surface area contributed by atoms with E-state index in [0.29, 0.717) is 11.7 Å². The Morgan fingerprint density at radius 1 is 1.26 bits per heavy atom. The molecule has 0 aromatic heterocycles. The third-order valence-corrected chi connectivity index (χ3v) is 3.71. The molecule has 112 valence electrons. The van der Waals surface area contributed by atoms with Gasteiger partial charge >= 0.3 is 0 Å². The summed E-state index contributed by atoms with van der Waals surface area (Å²) in [5, 5.41) is 0. The van der Waals surface area contributed by atoms with Crippen LogP contribution in [-0.2, 0) is 9.53 Å². The number of nitrogens with zero attached hydrogens (tertiary/aromatic N) is 1. The maximum atomic E-state index is 11.9. The van der Waals surface area contributed by atoms with Gasteiger partial charge in [0.1, 0.15) is 5.78 Å². The summed E-state index contributed by atoms with van der Waals surface area (Å²) >= 11 is 0. The number of rotatable bonds is 6. The maximum absolute atomic E-state index is 11.9. The van der Waals surface area contributed by atoms with Gasteiger partial charge in [-0.15, -0.1) is 0 Å². The fourth-order valence-corrected chi connectivity index (χ4v) is 2.58. The molecule has 1 rings (SSSR count). The number of ether oxygens (including phenoxy) is 1. The van der Waals surface area contributed by atoms with Crippen molar-refractivity contribution in [3.63, 3.8) is 0 Å². The number of carbonyl (C=O) groups excluding carboxylic acids is 1. The highest BCUT2D eigenvalue weighted by atomic mass is 16.5. The predicted octanol–water partition coefficient (Wildman–Crippen LogP) is 3.13. The standard InChI is InChI=1S/C16H31NO2/c1-13(2)15(18)14-7-10-17(11-8-14)9-6-12-19-16(3,4)5/h13-14H,6-12H2,1-5H3. The van der Waals surface area contributed by atoms with E-state index in [9.17, 15) is 4.79 Å². The first-order valence-corrected chi connectivity index (χ1v) is 7.69. The molecule has 1 aliphatic heterocycles. The van der Waals surface area contributed by atoms with Crippen molar-refractivity contribution < 1.29 is 9.53 Å². The second-order valence-electron chi connectivity index (χ2n) is 6.99. The van der Waals surface area contributed by atoms with Crippen LogP contribution >= 0.6 is 0 Å². The molecule has 0 amide bonds. The zero-order valence-corrected chi connectivity index (χ0v) is 13.4. The molecule has 3 nitrogen and oxygen atoms in total. The summed E-state index contributed by atoms with van der Waals surface area (Å²) < 4.78 is 5.73. The Bertz CT molecular complexity index is 273. The van der Waals surface area contributed by atoms with Gasteiger partial charge in [0.15, 0.2) is 0 Å². The molecule has 0 saturated carbocycles. The number of piperidine rings is 1. The second kappa shape index (κ2) is 7.39. The smallest absolute Gasteiger partial charge is 0.138 e. The van der Waals surface area contributed by atoms with Crippen LogP contribution < -0.4 is 0 Å². The lowest BCUT2D eigenvalue weighted by Crippen LogP contribution is -2.38. The molecule has 0 N–H and O–H groups in total. The Morgan fingerprint density at radius 3 is 2.32 bits per heavy atom. The first-order valence-electron chi connectivity index (χ1n) is 7.69. The van der Waals surface area contributed by atoms with E-state index in [4.69, 9.17) is 4.74 Å². The van der Waals surface area contributed by atoms with E-state index in [-0.39, 0.29) is 11.5 Å². The molecule has 19 heavy (non-hydrogen) atoms. The zero-order valence-electron chi connectivity index (χ0n) is 13.4. The first-order chi connectivity index (χ1) is 8.79. The summed E-state index contributed by atoms with van der Waals surface area (Å²) in [6.07, 6.45) is 3.16. The van der Waals surface area contributed by atoms with Crippen LogP contribution in [0.4, 0.5) is 0 Å². The Balaban J connectivity index is 2.15. The molecule has 1 saturated heterocycles. The van der Waals surface area contributed by atoms with Crippen molar-refractivity contribution in [3.05, 3.63) is 0 Å². The Morgan fingerprint density at radius 2 is 1.84 bits per heavy atom. The summed E-state index contributed by atoms with van der Waals surface area (Å²) in [5.74, 6) is 0.953. The van der Waals surface area contributed by atoms with Gasteiger partial charge in [-0.3, -0.25) is 4.79 Å². The highest BCUT2D eigenvalue weighted by Gasteiger charge is 2.26. The van der Waals surface area contributed by atoms with Gasteiger partial charge in [0, 0.05) is 25.0 Å². The summed E-state index contributed by atoms with van der Waals surface area (Å²) in [6, 6.07) is 0. The zero-order chi connectivity index (χ0) is 14.5. The van der Waals surface area contributed by atoms with Gasteiger partial charge in [-0.05, 0) is 53.1 Å². The van der Waals surface area contributed by atoms with Crippen molar-refractivity contribution in [2.45, 2.75) is 59.5 Å². The maximum Gasteiger partial charge on any atom is 0.138 e. The van der Waals surface area contributed by atoms with Gasteiger partial charge in [0.25, 0.3) is 0 Å². The van der Waals surface area contributed by atoms with Crippen molar-refractivity contribution in [3.8, 4) is 0 Å². The van der Waals surface area contributed by atoms with Gasteiger partial charge < -0.3 is 9.64 Å². The van der Waals surface area contributed by atoms with Crippen molar-refractivity contribution in [1.82, 2.24) is 4.90 Å². The third kappa shape index (κ3) is 6.53. The van der Waals surface area contributed by atoms with E-state index in [1.165, 1.54) is 0 Å². The van der Waals surface area contributed by atoms with E-state index in [1.54, 1.807) is 0 Å². The Kier molecular flexibility index (Phi) is 6.48. The molecule has 0 aliphatic carbocycles. The van der Waals surface area contributed by atoms with Crippen molar-refractivity contribution in [2.24, 2.45) is 11.8 Å². The number of hydrogen-bond donors (Lipinski definition) is 0. The largest absolute Gasteiger partial charge is 0.376 e. The normalized spacial score (nSPS) is 19.1. The average Bonchev–Trinajstić information content (AvgIpc) is 2.33. The van der Waals surface area contributed by atoms with E-state index in [0.717, 1.165) is 45.5 Å². The van der Waals surface area contributed by atoms with E-state index in [1.807, 2.05) is 13.8 Å². The lowest BCUT2D eigenvalue weighted by Gasteiger charge is -2.32. The summed E-state index contributed by atoms with van der Waals surface area (Å²) in [7, 11) is 0. The van der Waals surface area contributed by atoms with Gasteiger partial charge in [-0.2, -0.15) is 0 Å². The van der Waals surface area contributed by atoms with E-state index in [2.05, 4.69) is 25.7 Å². The van der Waals surface area contributed by atoms with Crippen LogP contribution in [0, 0.1) is 11.8 Å². The van der Waals surface area contributed by atoms with Crippen LogP contribution in [0.25, 0.3) is 0 Å². The monoisotopic (exact) mass is 269 g/mol. The minimum absolute atomic E-state index is 0.0311.